The lowest BCUT2D eigenvalue weighted by Crippen LogP contribution is -2.05. The van der Waals surface area contributed by atoms with Gasteiger partial charge in [0, 0.05) is 6.04 Å². The lowest BCUT2D eigenvalue weighted by molar-refractivity contribution is 0.343. The van der Waals surface area contributed by atoms with Gasteiger partial charge in [-0.05, 0) is 56.5 Å². The minimum absolute atomic E-state index is 0.535. The monoisotopic (exact) mass is 276 g/mol. The number of para-hydroxylation sites is 1. The van der Waals surface area contributed by atoms with Gasteiger partial charge in [-0.2, -0.15) is 0 Å². The van der Waals surface area contributed by atoms with E-state index >= 15 is 0 Å². The third-order valence-electron chi connectivity index (χ3n) is 4.05. The molecule has 1 N–H and O–H groups in total. The summed E-state index contributed by atoms with van der Waals surface area (Å²) < 4.78 is 8.79. The van der Waals surface area contributed by atoms with Crippen LogP contribution in [0.5, 0.6) is 5.75 Å². The number of ether oxygens (including phenoxy) is 1. The van der Waals surface area contributed by atoms with Crippen LogP contribution in [0.4, 0.5) is 0 Å². The van der Waals surface area contributed by atoms with E-state index < -0.39 is 0 Å². The highest BCUT2D eigenvalue weighted by molar-refractivity contribution is 7.71. The van der Waals surface area contributed by atoms with Crippen molar-refractivity contribution in [3.8, 4) is 5.75 Å². The Morgan fingerprint density at radius 1 is 1.42 bits per heavy atom. The van der Waals surface area contributed by atoms with E-state index in [9.17, 15) is 0 Å². The summed E-state index contributed by atoms with van der Waals surface area (Å²) in [6, 6.07) is 6.71. The van der Waals surface area contributed by atoms with Crippen molar-refractivity contribution in [3.63, 3.8) is 0 Å². The summed E-state index contributed by atoms with van der Waals surface area (Å²) in [5.74, 6) is 1.70. The number of aromatic nitrogens is 2. The lowest BCUT2D eigenvalue weighted by atomic mass is 10.1. The van der Waals surface area contributed by atoms with Crippen molar-refractivity contribution < 1.29 is 4.74 Å². The molecule has 1 aliphatic carbocycles. The van der Waals surface area contributed by atoms with Crippen LogP contribution >= 0.6 is 12.2 Å². The largest absolute Gasteiger partial charge is 0.492 e. The molecule has 102 valence electrons. The highest BCUT2D eigenvalue weighted by atomic mass is 32.1. The van der Waals surface area contributed by atoms with Crippen molar-refractivity contribution in [1.29, 1.82) is 0 Å². The maximum Gasteiger partial charge on any atom is 0.178 e. The van der Waals surface area contributed by atoms with Gasteiger partial charge in [0.2, 0.25) is 0 Å². The summed E-state index contributed by atoms with van der Waals surface area (Å²) in [7, 11) is 0. The Balaban J connectivity index is 2.12. The van der Waals surface area contributed by atoms with E-state index in [-0.39, 0.29) is 0 Å². The van der Waals surface area contributed by atoms with Crippen molar-refractivity contribution in [2.45, 2.75) is 39.2 Å². The Kier molecular flexibility index (Phi) is 3.35. The van der Waals surface area contributed by atoms with Gasteiger partial charge in [-0.15, -0.1) is 0 Å². The Morgan fingerprint density at radius 3 is 2.95 bits per heavy atom. The average Bonchev–Trinajstić information content (AvgIpc) is 2.93. The number of rotatable bonds is 3. The molecule has 19 heavy (non-hydrogen) atoms. The molecule has 2 atom stereocenters. The summed E-state index contributed by atoms with van der Waals surface area (Å²) in [6.45, 7) is 5.00. The van der Waals surface area contributed by atoms with Crippen LogP contribution in [0.25, 0.3) is 11.0 Å². The second kappa shape index (κ2) is 5.00. The van der Waals surface area contributed by atoms with E-state index in [1.807, 2.05) is 19.1 Å². The number of hydrogen-bond acceptors (Lipinski definition) is 2. The Labute approximate surface area is 118 Å². The predicted molar refractivity (Wildman–Crippen MR) is 80.3 cm³/mol. The van der Waals surface area contributed by atoms with Gasteiger partial charge in [0.1, 0.15) is 11.3 Å². The van der Waals surface area contributed by atoms with E-state index in [1.165, 1.54) is 24.8 Å². The second-order valence-electron chi connectivity index (χ2n) is 5.46. The molecule has 2 aromatic rings. The minimum Gasteiger partial charge on any atom is -0.492 e. The van der Waals surface area contributed by atoms with Crippen LogP contribution < -0.4 is 4.74 Å². The van der Waals surface area contributed by atoms with Gasteiger partial charge in [-0.25, -0.2) is 0 Å². The molecular weight excluding hydrogens is 256 g/mol. The first kappa shape index (κ1) is 12.7. The van der Waals surface area contributed by atoms with Gasteiger partial charge in [0.25, 0.3) is 0 Å². The first-order chi connectivity index (χ1) is 9.20. The van der Waals surface area contributed by atoms with Crippen molar-refractivity contribution in [2.75, 3.05) is 6.61 Å². The summed E-state index contributed by atoms with van der Waals surface area (Å²) in [5, 5.41) is 0. The van der Waals surface area contributed by atoms with Crippen LogP contribution in [0.1, 0.15) is 39.2 Å². The molecule has 0 spiro atoms. The Morgan fingerprint density at radius 2 is 2.26 bits per heavy atom. The van der Waals surface area contributed by atoms with Crippen LogP contribution in [0.2, 0.25) is 0 Å². The smallest absolute Gasteiger partial charge is 0.178 e. The second-order valence-corrected chi connectivity index (χ2v) is 5.84. The first-order valence-corrected chi connectivity index (χ1v) is 7.47. The molecule has 1 saturated carbocycles. The highest BCUT2D eigenvalue weighted by Gasteiger charge is 2.25. The van der Waals surface area contributed by atoms with Crippen LogP contribution in [0.3, 0.4) is 0 Å². The van der Waals surface area contributed by atoms with Gasteiger partial charge in [0.05, 0.1) is 12.1 Å². The molecule has 0 saturated heterocycles. The molecule has 3 rings (SSSR count). The molecule has 1 aromatic carbocycles. The number of fused-ring (bicyclic) bond motifs is 1. The number of benzene rings is 1. The zero-order valence-corrected chi connectivity index (χ0v) is 12.3. The van der Waals surface area contributed by atoms with Gasteiger partial charge in [-0.1, -0.05) is 13.0 Å². The average molecular weight is 276 g/mol. The van der Waals surface area contributed by atoms with Gasteiger partial charge >= 0.3 is 0 Å². The molecule has 2 unspecified atom stereocenters. The van der Waals surface area contributed by atoms with Crippen molar-refractivity contribution >= 4 is 23.3 Å². The molecule has 4 heteroatoms. The van der Waals surface area contributed by atoms with E-state index in [4.69, 9.17) is 17.0 Å². The standard InChI is InChI=1S/C15H20N2OS/c1-3-18-13-6-4-5-12-14(13)16-15(19)17(12)11-8-7-10(2)9-11/h4-6,10-11H,3,7-9H2,1-2H3,(H,16,19). The molecule has 0 aliphatic heterocycles. The zero-order valence-electron chi connectivity index (χ0n) is 11.5. The maximum absolute atomic E-state index is 5.68. The number of H-pyrrole nitrogens is 1. The number of nitrogens with zero attached hydrogens (tertiary/aromatic N) is 1. The number of hydrogen-bond donors (Lipinski definition) is 1. The molecule has 3 nitrogen and oxygen atoms in total. The van der Waals surface area contributed by atoms with E-state index in [0.717, 1.165) is 22.0 Å². The van der Waals surface area contributed by atoms with Crippen LogP contribution in [0.15, 0.2) is 18.2 Å². The Bertz CT molecular complexity index is 643. The minimum atomic E-state index is 0.535. The fraction of sp³-hybridized carbons (Fsp3) is 0.533. The normalized spacial score (nSPS) is 23.1. The lowest BCUT2D eigenvalue weighted by Gasteiger charge is -2.13. The quantitative estimate of drug-likeness (QED) is 0.839. The van der Waals surface area contributed by atoms with Gasteiger partial charge in [0.15, 0.2) is 4.77 Å². The molecule has 1 fully saturated rings. The molecular formula is C15H20N2OS. The van der Waals surface area contributed by atoms with E-state index in [2.05, 4.69) is 22.5 Å². The number of imidazole rings is 1. The fourth-order valence-corrected chi connectivity index (χ4v) is 3.52. The topological polar surface area (TPSA) is 29.9 Å². The molecule has 0 bridgehead atoms. The Hall–Kier alpha value is -1.29. The molecule has 1 heterocycles. The summed E-state index contributed by atoms with van der Waals surface area (Å²) >= 11 is 5.52. The SMILES string of the molecule is CCOc1cccc2c1[nH]c(=S)n2C1CCC(C)C1. The zero-order chi connectivity index (χ0) is 13.4. The third kappa shape index (κ3) is 2.18. The number of nitrogens with one attached hydrogen (secondary N) is 1. The predicted octanol–water partition coefficient (Wildman–Crippen LogP) is 4.46. The van der Waals surface area contributed by atoms with Crippen molar-refractivity contribution in [1.82, 2.24) is 9.55 Å². The molecule has 1 aliphatic rings. The van der Waals surface area contributed by atoms with Crippen LogP contribution in [-0.4, -0.2) is 16.2 Å². The van der Waals surface area contributed by atoms with Crippen molar-refractivity contribution in [3.05, 3.63) is 23.0 Å². The van der Waals surface area contributed by atoms with E-state index in [1.54, 1.807) is 0 Å². The number of aromatic amines is 1. The fourth-order valence-electron chi connectivity index (χ4n) is 3.17. The highest BCUT2D eigenvalue weighted by Crippen LogP contribution is 2.37. The van der Waals surface area contributed by atoms with E-state index in [0.29, 0.717) is 12.6 Å². The first-order valence-electron chi connectivity index (χ1n) is 7.06. The van der Waals surface area contributed by atoms with Crippen molar-refractivity contribution in [2.24, 2.45) is 5.92 Å². The summed E-state index contributed by atoms with van der Waals surface area (Å²) in [5.41, 5.74) is 2.21. The summed E-state index contributed by atoms with van der Waals surface area (Å²) in [4.78, 5) is 3.32. The van der Waals surface area contributed by atoms with Gasteiger partial charge in [-0.3, -0.25) is 0 Å². The molecule has 0 radical (unpaired) electrons. The summed E-state index contributed by atoms with van der Waals surface area (Å²) in [6.07, 6.45) is 3.74. The third-order valence-corrected chi connectivity index (χ3v) is 4.35. The molecule has 1 aromatic heterocycles. The molecule has 0 amide bonds. The van der Waals surface area contributed by atoms with Crippen LogP contribution in [0, 0.1) is 10.7 Å². The van der Waals surface area contributed by atoms with Crippen LogP contribution in [-0.2, 0) is 0 Å². The maximum atomic E-state index is 5.68. The van der Waals surface area contributed by atoms with Gasteiger partial charge < -0.3 is 14.3 Å².